The van der Waals surface area contributed by atoms with Gasteiger partial charge in [-0.15, -0.1) is 11.3 Å². The number of hydrogen-bond donors (Lipinski definition) is 0. The molecular weight excluding hydrogens is 334 g/mol. The number of benzene rings is 3. The van der Waals surface area contributed by atoms with Gasteiger partial charge >= 0.3 is 0 Å². The summed E-state index contributed by atoms with van der Waals surface area (Å²) in [5, 5.41) is 3.90. The van der Waals surface area contributed by atoms with E-state index in [-0.39, 0.29) is 0 Å². The van der Waals surface area contributed by atoms with Gasteiger partial charge in [0.15, 0.2) is 0 Å². The fourth-order valence-corrected chi connectivity index (χ4v) is 3.67. The molecular formula is C21H14ClNS. The first-order valence-corrected chi connectivity index (χ1v) is 8.93. The van der Waals surface area contributed by atoms with Crippen LogP contribution in [0.2, 0.25) is 5.02 Å². The van der Waals surface area contributed by atoms with Crippen LogP contribution in [-0.2, 0) is 0 Å². The number of nitrogens with zero attached hydrogens (tertiary/aromatic N) is 1. The molecule has 0 saturated heterocycles. The fourth-order valence-electron chi connectivity index (χ4n) is 2.65. The minimum absolute atomic E-state index is 0.748. The van der Waals surface area contributed by atoms with Crippen LogP contribution in [0.4, 0.5) is 0 Å². The first-order chi connectivity index (χ1) is 11.8. The predicted molar refractivity (Wildman–Crippen MR) is 103 cm³/mol. The second kappa shape index (κ2) is 6.60. The van der Waals surface area contributed by atoms with Gasteiger partial charge in [0.05, 0.1) is 5.69 Å². The van der Waals surface area contributed by atoms with E-state index in [2.05, 4.69) is 47.8 Å². The maximum atomic E-state index is 6.11. The molecule has 0 fully saturated rings. The van der Waals surface area contributed by atoms with Crippen LogP contribution in [0.15, 0.2) is 84.2 Å². The maximum absolute atomic E-state index is 6.11. The summed E-state index contributed by atoms with van der Waals surface area (Å²) in [5.41, 5.74) is 5.53. The van der Waals surface area contributed by atoms with Crippen LogP contribution in [0.3, 0.4) is 0 Å². The van der Waals surface area contributed by atoms with E-state index in [0.717, 1.165) is 38.0 Å². The molecule has 24 heavy (non-hydrogen) atoms. The molecule has 0 unspecified atom stereocenters. The van der Waals surface area contributed by atoms with Gasteiger partial charge in [0.2, 0.25) is 0 Å². The van der Waals surface area contributed by atoms with Crippen molar-refractivity contribution < 1.29 is 0 Å². The second-order valence-electron chi connectivity index (χ2n) is 5.50. The maximum Gasteiger partial charge on any atom is 0.124 e. The molecule has 1 aromatic heterocycles. The molecule has 0 aliphatic heterocycles. The number of thiazole rings is 1. The zero-order chi connectivity index (χ0) is 16.4. The van der Waals surface area contributed by atoms with Crippen LogP contribution in [0.1, 0.15) is 0 Å². The molecule has 4 rings (SSSR count). The molecule has 0 saturated carbocycles. The fraction of sp³-hybridized carbons (Fsp3) is 0. The van der Waals surface area contributed by atoms with Gasteiger partial charge in [-0.05, 0) is 29.3 Å². The Balaban J connectivity index is 1.71. The van der Waals surface area contributed by atoms with Crippen LogP contribution < -0.4 is 0 Å². The van der Waals surface area contributed by atoms with Crippen molar-refractivity contribution in [2.75, 3.05) is 0 Å². The average Bonchev–Trinajstić information content (AvgIpc) is 3.13. The third-order valence-electron chi connectivity index (χ3n) is 3.84. The predicted octanol–water partition coefficient (Wildman–Crippen LogP) is 6.80. The van der Waals surface area contributed by atoms with Crippen molar-refractivity contribution in [1.82, 2.24) is 4.98 Å². The molecule has 3 aromatic carbocycles. The lowest BCUT2D eigenvalue weighted by Crippen LogP contribution is -1.82. The van der Waals surface area contributed by atoms with Gasteiger partial charge < -0.3 is 0 Å². The molecule has 0 aliphatic carbocycles. The van der Waals surface area contributed by atoms with Crippen LogP contribution >= 0.6 is 22.9 Å². The van der Waals surface area contributed by atoms with E-state index in [1.54, 1.807) is 11.3 Å². The van der Waals surface area contributed by atoms with E-state index >= 15 is 0 Å². The molecule has 116 valence electrons. The van der Waals surface area contributed by atoms with Crippen molar-refractivity contribution in [3.63, 3.8) is 0 Å². The highest BCUT2D eigenvalue weighted by molar-refractivity contribution is 7.13. The summed E-state index contributed by atoms with van der Waals surface area (Å²) >= 11 is 7.78. The molecule has 3 heteroatoms. The summed E-state index contributed by atoms with van der Waals surface area (Å²) in [7, 11) is 0. The molecule has 4 aromatic rings. The summed E-state index contributed by atoms with van der Waals surface area (Å²) < 4.78 is 0. The zero-order valence-electron chi connectivity index (χ0n) is 12.8. The van der Waals surface area contributed by atoms with Crippen molar-refractivity contribution in [3.8, 4) is 33.0 Å². The molecule has 1 heterocycles. The van der Waals surface area contributed by atoms with Crippen LogP contribution in [0, 0.1) is 0 Å². The quantitative estimate of drug-likeness (QED) is 0.397. The summed E-state index contributed by atoms with van der Waals surface area (Å²) in [6, 6.07) is 26.6. The van der Waals surface area contributed by atoms with E-state index in [1.807, 2.05) is 36.4 Å². The average molecular weight is 348 g/mol. The van der Waals surface area contributed by atoms with E-state index in [1.165, 1.54) is 0 Å². The molecule has 0 aliphatic rings. The van der Waals surface area contributed by atoms with Gasteiger partial charge in [-0.2, -0.15) is 0 Å². The van der Waals surface area contributed by atoms with Crippen molar-refractivity contribution >= 4 is 22.9 Å². The van der Waals surface area contributed by atoms with Crippen LogP contribution in [0.25, 0.3) is 33.0 Å². The highest BCUT2D eigenvalue weighted by Crippen LogP contribution is 2.31. The van der Waals surface area contributed by atoms with Crippen LogP contribution in [-0.4, -0.2) is 4.98 Å². The summed E-state index contributed by atoms with van der Waals surface area (Å²) in [4.78, 5) is 4.80. The van der Waals surface area contributed by atoms with Gasteiger partial charge in [0, 0.05) is 21.5 Å². The Kier molecular flexibility index (Phi) is 4.16. The number of aromatic nitrogens is 1. The third kappa shape index (κ3) is 3.12. The topological polar surface area (TPSA) is 12.9 Å². The van der Waals surface area contributed by atoms with Crippen molar-refractivity contribution in [1.29, 1.82) is 0 Å². The molecule has 0 atom stereocenters. The standard InChI is InChI=1S/C21H14ClNS/c22-19-11-5-9-17(13-19)16-8-4-10-18(12-16)20-14-24-21(23-20)15-6-2-1-3-7-15/h1-14H. The lowest BCUT2D eigenvalue weighted by molar-refractivity contribution is 1.40. The smallest absolute Gasteiger partial charge is 0.124 e. The normalized spacial score (nSPS) is 10.7. The number of halogens is 1. The molecule has 0 radical (unpaired) electrons. The number of rotatable bonds is 3. The van der Waals surface area contributed by atoms with Crippen LogP contribution in [0.5, 0.6) is 0 Å². The Morgan fingerprint density at radius 2 is 1.33 bits per heavy atom. The third-order valence-corrected chi connectivity index (χ3v) is 4.97. The molecule has 0 bridgehead atoms. The Labute approximate surface area is 150 Å². The zero-order valence-corrected chi connectivity index (χ0v) is 14.4. The van der Waals surface area contributed by atoms with Gasteiger partial charge in [-0.3, -0.25) is 0 Å². The van der Waals surface area contributed by atoms with Gasteiger partial charge in [-0.25, -0.2) is 4.98 Å². The molecule has 0 spiro atoms. The lowest BCUT2D eigenvalue weighted by atomic mass is 10.0. The van der Waals surface area contributed by atoms with Crippen molar-refractivity contribution in [2.24, 2.45) is 0 Å². The van der Waals surface area contributed by atoms with E-state index in [0.29, 0.717) is 0 Å². The summed E-state index contributed by atoms with van der Waals surface area (Å²) in [6.07, 6.45) is 0. The van der Waals surface area contributed by atoms with E-state index < -0.39 is 0 Å². The minimum Gasteiger partial charge on any atom is -0.236 e. The second-order valence-corrected chi connectivity index (χ2v) is 6.79. The van der Waals surface area contributed by atoms with Gasteiger partial charge in [0.1, 0.15) is 5.01 Å². The highest BCUT2D eigenvalue weighted by Gasteiger charge is 2.08. The SMILES string of the molecule is Clc1cccc(-c2cccc(-c3csc(-c4ccccc4)n3)c2)c1. The Morgan fingerprint density at radius 3 is 2.12 bits per heavy atom. The molecule has 0 amide bonds. The Bertz CT molecular complexity index is 976. The van der Waals surface area contributed by atoms with Gasteiger partial charge in [-0.1, -0.05) is 72.3 Å². The lowest BCUT2D eigenvalue weighted by Gasteiger charge is -2.04. The molecule has 0 N–H and O–H groups in total. The summed E-state index contributed by atoms with van der Waals surface area (Å²) in [6.45, 7) is 0. The first kappa shape index (κ1) is 15.1. The Hall–Kier alpha value is -2.42. The number of hydrogen-bond acceptors (Lipinski definition) is 2. The summed E-state index contributed by atoms with van der Waals surface area (Å²) in [5.74, 6) is 0. The Morgan fingerprint density at radius 1 is 0.667 bits per heavy atom. The largest absolute Gasteiger partial charge is 0.236 e. The monoisotopic (exact) mass is 347 g/mol. The minimum atomic E-state index is 0.748. The molecule has 1 nitrogen and oxygen atoms in total. The van der Waals surface area contributed by atoms with Crippen molar-refractivity contribution in [2.45, 2.75) is 0 Å². The van der Waals surface area contributed by atoms with Gasteiger partial charge in [0.25, 0.3) is 0 Å². The van der Waals surface area contributed by atoms with E-state index in [9.17, 15) is 0 Å². The highest BCUT2D eigenvalue weighted by atomic mass is 35.5. The first-order valence-electron chi connectivity index (χ1n) is 7.67. The van der Waals surface area contributed by atoms with Crippen molar-refractivity contribution in [3.05, 3.63) is 89.3 Å². The van der Waals surface area contributed by atoms with E-state index in [4.69, 9.17) is 16.6 Å².